The van der Waals surface area contributed by atoms with E-state index >= 15 is 0 Å². The second-order valence-electron chi connectivity index (χ2n) is 8.64. The Morgan fingerprint density at radius 3 is 2.48 bits per heavy atom. The summed E-state index contributed by atoms with van der Waals surface area (Å²) in [6, 6.07) is 5.90. The van der Waals surface area contributed by atoms with Gasteiger partial charge in [-0.1, -0.05) is 45.8 Å². The van der Waals surface area contributed by atoms with E-state index in [-0.39, 0.29) is 11.3 Å². The number of nitrogens with zero attached hydrogens (tertiary/aromatic N) is 3. The maximum absolute atomic E-state index is 12.9. The highest BCUT2D eigenvalue weighted by molar-refractivity contribution is 5.76. The van der Waals surface area contributed by atoms with Crippen molar-refractivity contribution in [3.8, 4) is 11.5 Å². The van der Waals surface area contributed by atoms with E-state index in [9.17, 15) is 4.79 Å². The van der Waals surface area contributed by atoms with Crippen LogP contribution in [0.25, 0.3) is 0 Å². The van der Waals surface area contributed by atoms with Crippen molar-refractivity contribution in [2.45, 2.75) is 79.2 Å². The third kappa shape index (κ3) is 7.56. The Morgan fingerprint density at radius 2 is 1.87 bits per heavy atom. The molecule has 1 aromatic heterocycles. The van der Waals surface area contributed by atoms with E-state index in [1.807, 2.05) is 50.8 Å². The van der Waals surface area contributed by atoms with Crippen LogP contribution in [0.4, 0.5) is 0 Å². The SMILES string of the molecule is CCCOc1ccc(CN(CCC)C(=O)CCc2nc(C(C)(C)C)no2)cc1OCC. The highest BCUT2D eigenvalue weighted by Gasteiger charge is 2.22. The highest BCUT2D eigenvalue weighted by atomic mass is 16.5. The third-order valence-corrected chi connectivity index (χ3v) is 4.68. The van der Waals surface area contributed by atoms with Gasteiger partial charge in [-0.15, -0.1) is 0 Å². The van der Waals surface area contributed by atoms with Gasteiger partial charge in [-0.3, -0.25) is 4.79 Å². The second kappa shape index (κ2) is 11.7. The quantitative estimate of drug-likeness (QED) is 0.474. The molecule has 31 heavy (non-hydrogen) atoms. The van der Waals surface area contributed by atoms with E-state index in [0.717, 1.165) is 29.9 Å². The van der Waals surface area contributed by atoms with Crippen LogP contribution in [0.2, 0.25) is 0 Å². The minimum Gasteiger partial charge on any atom is -0.490 e. The molecule has 0 aliphatic carbocycles. The summed E-state index contributed by atoms with van der Waals surface area (Å²) in [5.74, 6) is 2.70. The van der Waals surface area contributed by atoms with Crippen molar-refractivity contribution in [1.82, 2.24) is 15.0 Å². The largest absolute Gasteiger partial charge is 0.490 e. The normalized spacial score (nSPS) is 11.4. The topological polar surface area (TPSA) is 77.7 Å². The maximum atomic E-state index is 12.9. The first-order chi connectivity index (χ1) is 14.8. The van der Waals surface area contributed by atoms with Crippen molar-refractivity contribution in [3.05, 3.63) is 35.5 Å². The van der Waals surface area contributed by atoms with Gasteiger partial charge in [-0.25, -0.2) is 0 Å². The zero-order valence-electron chi connectivity index (χ0n) is 19.9. The number of benzene rings is 1. The first kappa shape index (κ1) is 24.7. The van der Waals surface area contributed by atoms with Gasteiger partial charge in [0, 0.05) is 31.3 Å². The molecule has 7 nitrogen and oxygen atoms in total. The molecule has 0 saturated carbocycles. The average molecular weight is 432 g/mol. The molecular weight excluding hydrogens is 394 g/mol. The van der Waals surface area contributed by atoms with Crippen molar-refractivity contribution < 1.29 is 18.8 Å². The van der Waals surface area contributed by atoms with E-state index in [1.54, 1.807) is 0 Å². The highest BCUT2D eigenvalue weighted by Crippen LogP contribution is 2.29. The summed E-state index contributed by atoms with van der Waals surface area (Å²) in [4.78, 5) is 19.2. The summed E-state index contributed by atoms with van der Waals surface area (Å²) >= 11 is 0. The van der Waals surface area contributed by atoms with Crippen molar-refractivity contribution in [3.63, 3.8) is 0 Å². The fraction of sp³-hybridized carbons (Fsp3) is 0.625. The molecule has 0 bridgehead atoms. The summed E-state index contributed by atoms with van der Waals surface area (Å²) in [6.45, 7) is 14.6. The smallest absolute Gasteiger partial charge is 0.227 e. The third-order valence-electron chi connectivity index (χ3n) is 4.68. The molecule has 0 aliphatic heterocycles. The van der Waals surface area contributed by atoms with Crippen LogP contribution in [0.15, 0.2) is 22.7 Å². The molecule has 1 amide bonds. The molecule has 0 atom stereocenters. The Morgan fingerprint density at radius 1 is 1.10 bits per heavy atom. The minimum absolute atomic E-state index is 0.0710. The first-order valence-electron chi connectivity index (χ1n) is 11.3. The number of hydrogen-bond donors (Lipinski definition) is 0. The van der Waals surface area contributed by atoms with Crippen LogP contribution >= 0.6 is 0 Å². The van der Waals surface area contributed by atoms with Crippen molar-refractivity contribution in [2.75, 3.05) is 19.8 Å². The fourth-order valence-corrected chi connectivity index (χ4v) is 3.07. The monoisotopic (exact) mass is 431 g/mol. The summed E-state index contributed by atoms with van der Waals surface area (Å²) in [5.41, 5.74) is 0.840. The van der Waals surface area contributed by atoms with Gasteiger partial charge in [0.05, 0.1) is 13.2 Å². The molecule has 1 aromatic carbocycles. The number of carbonyl (C=O) groups is 1. The average Bonchev–Trinajstić information content (AvgIpc) is 3.21. The molecular formula is C24H37N3O4. The molecule has 7 heteroatoms. The minimum atomic E-state index is -0.175. The second-order valence-corrected chi connectivity index (χ2v) is 8.64. The van der Waals surface area contributed by atoms with Crippen LogP contribution in [0.5, 0.6) is 11.5 Å². The molecule has 1 heterocycles. The Balaban J connectivity index is 2.04. The Labute approximate surface area is 186 Å². The van der Waals surface area contributed by atoms with Crippen molar-refractivity contribution in [1.29, 1.82) is 0 Å². The standard InChI is InChI=1S/C24H37N3O4/c1-7-14-27(22(28)13-12-21-25-23(26-31-21)24(4,5)6)17-18-10-11-19(30-15-8-2)20(16-18)29-9-3/h10-11,16H,7-9,12-15,17H2,1-6H3. The molecule has 0 saturated heterocycles. The van der Waals surface area contributed by atoms with E-state index in [4.69, 9.17) is 14.0 Å². The Hall–Kier alpha value is -2.57. The number of aromatic nitrogens is 2. The van der Waals surface area contributed by atoms with E-state index in [2.05, 4.69) is 24.0 Å². The van der Waals surface area contributed by atoms with Gasteiger partial charge in [0.25, 0.3) is 0 Å². The lowest BCUT2D eigenvalue weighted by molar-refractivity contribution is -0.131. The number of ether oxygens (including phenoxy) is 2. The number of rotatable bonds is 12. The van der Waals surface area contributed by atoms with Crippen molar-refractivity contribution >= 4 is 5.91 Å². The van der Waals surface area contributed by atoms with Gasteiger partial charge < -0.3 is 18.9 Å². The number of aryl methyl sites for hydroxylation is 1. The van der Waals surface area contributed by atoms with Gasteiger partial charge in [-0.05, 0) is 37.5 Å². The molecule has 172 valence electrons. The predicted octanol–water partition coefficient (Wildman–Crippen LogP) is 4.93. The Kier molecular flexibility index (Phi) is 9.34. The van der Waals surface area contributed by atoms with E-state index < -0.39 is 0 Å². The van der Waals surface area contributed by atoms with Crippen LogP contribution in [-0.2, 0) is 23.2 Å². The predicted molar refractivity (Wildman–Crippen MR) is 120 cm³/mol. The molecule has 0 spiro atoms. The molecule has 0 N–H and O–H groups in total. The molecule has 0 unspecified atom stereocenters. The number of carbonyl (C=O) groups excluding carboxylic acids is 1. The summed E-state index contributed by atoms with van der Waals surface area (Å²) in [6.07, 6.45) is 2.60. The van der Waals surface area contributed by atoms with Gasteiger partial charge in [0.15, 0.2) is 17.3 Å². The van der Waals surface area contributed by atoms with Crippen molar-refractivity contribution in [2.24, 2.45) is 0 Å². The number of hydrogen-bond acceptors (Lipinski definition) is 6. The summed E-state index contributed by atoms with van der Waals surface area (Å²) in [5, 5.41) is 4.03. The molecule has 0 fully saturated rings. The lowest BCUT2D eigenvalue weighted by Crippen LogP contribution is -2.31. The van der Waals surface area contributed by atoms with Gasteiger partial charge in [0.1, 0.15) is 0 Å². The van der Waals surface area contributed by atoms with Crippen LogP contribution < -0.4 is 9.47 Å². The molecule has 2 aromatic rings. The van der Waals surface area contributed by atoms with Crippen LogP contribution in [0, 0.1) is 0 Å². The zero-order chi connectivity index (χ0) is 22.9. The van der Waals surface area contributed by atoms with E-state index in [0.29, 0.717) is 50.9 Å². The van der Waals surface area contributed by atoms with Crippen LogP contribution in [0.3, 0.4) is 0 Å². The van der Waals surface area contributed by atoms with Gasteiger partial charge in [-0.2, -0.15) is 4.98 Å². The Bertz CT molecular complexity index is 826. The summed E-state index contributed by atoms with van der Waals surface area (Å²) in [7, 11) is 0. The van der Waals surface area contributed by atoms with Gasteiger partial charge >= 0.3 is 0 Å². The lowest BCUT2D eigenvalue weighted by Gasteiger charge is -2.23. The molecule has 2 rings (SSSR count). The molecule has 0 radical (unpaired) electrons. The zero-order valence-corrected chi connectivity index (χ0v) is 19.9. The van der Waals surface area contributed by atoms with Crippen LogP contribution in [0.1, 0.15) is 78.1 Å². The van der Waals surface area contributed by atoms with Crippen LogP contribution in [-0.4, -0.2) is 40.7 Å². The summed E-state index contributed by atoms with van der Waals surface area (Å²) < 4.78 is 16.9. The molecule has 0 aliphatic rings. The maximum Gasteiger partial charge on any atom is 0.227 e. The van der Waals surface area contributed by atoms with Gasteiger partial charge in [0.2, 0.25) is 11.8 Å². The fourth-order valence-electron chi connectivity index (χ4n) is 3.07. The van der Waals surface area contributed by atoms with E-state index in [1.165, 1.54) is 0 Å². The number of amides is 1. The first-order valence-corrected chi connectivity index (χ1v) is 11.3. The lowest BCUT2D eigenvalue weighted by atomic mass is 9.96.